The number of aryl methyl sites for hydroxylation is 1. The fraction of sp³-hybridized carbons (Fsp3) is 0.273. The van der Waals surface area contributed by atoms with Gasteiger partial charge in [0.05, 0.1) is 9.21 Å². The first kappa shape index (κ1) is 11.4. The van der Waals surface area contributed by atoms with E-state index >= 15 is 0 Å². The largest absolute Gasteiger partial charge is 0.370 e. The van der Waals surface area contributed by atoms with Gasteiger partial charge in [-0.2, -0.15) is 0 Å². The lowest BCUT2D eigenvalue weighted by Gasteiger charge is -2.05. The fourth-order valence-electron chi connectivity index (χ4n) is 1.38. The molecular formula is C11H12ClN3S. The topological polar surface area (TPSA) is 37.8 Å². The predicted octanol–water partition coefficient (Wildman–Crippen LogP) is 3.60. The lowest BCUT2D eigenvalue weighted by Crippen LogP contribution is -2.02. The lowest BCUT2D eigenvalue weighted by molar-refractivity contribution is 1.08. The van der Waals surface area contributed by atoms with Crippen LogP contribution in [-0.2, 0) is 0 Å². The first-order valence-corrected chi connectivity index (χ1v) is 6.23. The molecule has 0 aromatic carbocycles. The molecule has 0 saturated carbocycles. The molecule has 2 heterocycles. The van der Waals surface area contributed by atoms with Gasteiger partial charge in [0, 0.05) is 18.3 Å². The summed E-state index contributed by atoms with van der Waals surface area (Å²) in [5, 5.41) is 3.19. The van der Waals surface area contributed by atoms with E-state index in [-0.39, 0.29) is 0 Å². The second kappa shape index (κ2) is 4.80. The van der Waals surface area contributed by atoms with Crippen LogP contribution in [0.15, 0.2) is 18.2 Å². The van der Waals surface area contributed by atoms with E-state index in [9.17, 15) is 0 Å². The molecule has 16 heavy (non-hydrogen) atoms. The van der Waals surface area contributed by atoms with Crippen molar-refractivity contribution < 1.29 is 0 Å². The number of hydrogen-bond acceptors (Lipinski definition) is 4. The second-order valence-electron chi connectivity index (χ2n) is 3.35. The van der Waals surface area contributed by atoms with Crippen molar-refractivity contribution in [3.63, 3.8) is 0 Å². The molecule has 3 nitrogen and oxygen atoms in total. The van der Waals surface area contributed by atoms with E-state index in [0.717, 1.165) is 33.1 Å². The van der Waals surface area contributed by atoms with E-state index in [1.165, 1.54) is 11.3 Å². The van der Waals surface area contributed by atoms with Crippen LogP contribution in [0.2, 0.25) is 4.34 Å². The summed E-state index contributed by atoms with van der Waals surface area (Å²) >= 11 is 7.39. The van der Waals surface area contributed by atoms with Crippen molar-refractivity contribution in [3.8, 4) is 10.7 Å². The first-order chi connectivity index (χ1) is 7.69. The van der Waals surface area contributed by atoms with E-state index in [1.807, 2.05) is 32.0 Å². The van der Waals surface area contributed by atoms with Gasteiger partial charge >= 0.3 is 0 Å². The SMILES string of the molecule is CCNc1cc(C)nc(-c2ccc(Cl)s2)n1. The van der Waals surface area contributed by atoms with Gasteiger partial charge in [-0.25, -0.2) is 9.97 Å². The number of halogens is 1. The molecular weight excluding hydrogens is 242 g/mol. The zero-order chi connectivity index (χ0) is 11.5. The van der Waals surface area contributed by atoms with Gasteiger partial charge in [-0.15, -0.1) is 11.3 Å². The quantitative estimate of drug-likeness (QED) is 0.908. The summed E-state index contributed by atoms with van der Waals surface area (Å²) in [5.41, 5.74) is 0.950. The standard InChI is InChI=1S/C11H12ClN3S/c1-3-13-10-6-7(2)14-11(15-10)8-4-5-9(12)16-8/h4-6H,3H2,1-2H3,(H,13,14,15). The molecule has 0 unspecified atom stereocenters. The van der Waals surface area contributed by atoms with Crippen molar-refractivity contribution in [2.24, 2.45) is 0 Å². The van der Waals surface area contributed by atoms with Crippen LogP contribution in [-0.4, -0.2) is 16.5 Å². The second-order valence-corrected chi connectivity index (χ2v) is 5.07. The third-order valence-corrected chi connectivity index (χ3v) is 3.23. The molecule has 0 atom stereocenters. The summed E-state index contributed by atoms with van der Waals surface area (Å²) in [4.78, 5) is 9.83. The minimum Gasteiger partial charge on any atom is -0.370 e. The molecule has 0 aliphatic rings. The molecule has 0 bridgehead atoms. The van der Waals surface area contributed by atoms with E-state index in [2.05, 4.69) is 15.3 Å². The predicted molar refractivity (Wildman–Crippen MR) is 69.3 cm³/mol. The van der Waals surface area contributed by atoms with Crippen molar-refractivity contribution in [2.45, 2.75) is 13.8 Å². The Morgan fingerprint density at radius 1 is 1.38 bits per heavy atom. The third-order valence-electron chi connectivity index (χ3n) is 2.01. The maximum absolute atomic E-state index is 5.90. The van der Waals surface area contributed by atoms with Gasteiger partial charge in [-0.3, -0.25) is 0 Å². The number of nitrogens with one attached hydrogen (secondary N) is 1. The van der Waals surface area contributed by atoms with Crippen LogP contribution < -0.4 is 5.32 Å². The molecule has 0 radical (unpaired) electrons. The van der Waals surface area contributed by atoms with Gasteiger partial charge in [-0.1, -0.05) is 11.6 Å². The number of anilines is 1. The van der Waals surface area contributed by atoms with Gasteiger partial charge in [0.25, 0.3) is 0 Å². The third kappa shape index (κ3) is 2.51. The summed E-state index contributed by atoms with van der Waals surface area (Å²) < 4.78 is 0.755. The Labute approximate surface area is 104 Å². The first-order valence-electron chi connectivity index (χ1n) is 5.04. The highest BCUT2D eigenvalue weighted by atomic mass is 35.5. The van der Waals surface area contributed by atoms with Crippen molar-refractivity contribution in [1.29, 1.82) is 0 Å². The molecule has 2 rings (SSSR count). The Morgan fingerprint density at radius 2 is 2.19 bits per heavy atom. The minimum atomic E-state index is 0.729. The molecule has 2 aromatic rings. The number of nitrogens with zero attached hydrogens (tertiary/aromatic N) is 2. The van der Waals surface area contributed by atoms with E-state index in [0.29, 0.717) is 0 Å². The summed E-state index contributed by atoms with van der Waals surface area (Å²) in [7, 11) is 0. The average molecular weight is 254 g/mol. The molecule has 84 valence electrons. The number of thiophene rings is 1. The Morgan fingerprint density at radius 3 is 2.81 bits per heavy atom. The van der Waals surface area contributed by atoms with Crippen LogP contribution in [0, 0.1) is 6.92 Å². The Kier molecular flexibility index (Phi) is 3.41. The number of rotatable bonds is 3. The molecule has 5 heteroatoms. The summed E-state index contributed by atoms with van der Waals surface area (Å²) in [5.74, 6) is 1.59. The molecule has 0 aliphatic carbocycles. The fourth-order valence-corrected chi connectivity index (χ4v) is 2.36. The van der Waals surface area contributed by atoms with Crippen LogP contribution in [0.25, 0.3) is 10.7 Å². The minimum absolute atomic E-state index is 0.729. The van der Waals surface area contributed by atoms with Crippen LogP contribution in [0.4, 0.5) is 5.82 Å². The maximum Gasteiger partial charge on any atom is 0.171 e. The van der Waals surface area contributed by atoms with Crippen molar-refractivity contribution >= 4 is 28.8 Å². The highest BCUT2D eigenvalue weighted by Crippen LogP contribution is 2.29. The van der Waals surface area contributed by atoms with Crippen molar-refractivity contribution in [1.82, 2.24) is 9.97 Å². The highest BCUT2D eigenvalue weighted by molar-refractivity contribution is 7.19. The van der Waals surface area contributed by atoms with Crippen LogP contribution in [0.5, 0.6) is 0 Å². The summed E-state index contributed by atoms with van der Waals surface area (Å²) in [6, 6.07) is 5.74. The zero-order valence-electron chi connectivity index (χ0n) is 9.12. The Bertz CT molecular complexity index is 496. The van der Waals surface area contributed by atoms with Crippen LogP contribution in [0.3, 0.4) is 0 Å². The highest BCUT2D eigenvalue weighted by Gasteiger charge is 2.07. The molecule has 0 fully saturated rings. The summed E-state index contributed by atoms with van der Waals surface area (Å²) in [6.07, 6.45) is 0. The van der Waals surface area contributed by atoms with Gasteiger partial charge in [-0.05, 0) is 26.0 Å². The van der Waals surface area contributed by atoms with Gasteiger partial charge in [0.2, 0.25) is 0 Å². The van der Waals surface area contributed by atoms with Crippen LogP contribution in [0.1, 0.15) is 12.6 Å². The monoisotopic (exact) mass is 253 g/mol. The Balaban J connectivity index is 2.40. The molecule has 0 amide bonds. The average Bonchev–Trinajstić information content (AvgIpc) is 2.64. The van der Waals surface area contributed by atoms with Gasteiger partial charge in [0.1, 0.15) is 5.82 Å². The molecule has 1 N–H and O–H groups in total. The number of aromatic nitrogens is 2. The molecule has 0 saturated heterocycles. The van der Waals surface area contributed by atoms with E-state index < -0.39 is 0 Å². The lowest BCUT2D eigenvalue weighted by atomic mass is 10.3. The van der Waals surface area contributed by atoms with Gasteiger partial charge < -0.3 is 5.32 Å². The zero-order valence-corrected chi connectivity index (χ0v) is 10.7. The maximum atomic E-state index is 5.90. The smallest absolute Gasteiger partial charge is 0.171 e. The van der Waals surface area contributed by atoms with Crippen molar-refractivity contribution in [3.05, 3.63) is 28.2 Å². The van der Waals surface area contributed by atoms with E-state index in [1.54, 1.807) is 0 Å². The summed E-state index contributed by atoms with van der Waals surface area (Å²) in [6.45, 7) is 4.85. The van der Waals surface area contributed by atoms with Crippen LogP contribution >= 0.6 is 22.9 Å². The Hall–Kier alpha value is -1.13. The molecule has 0 spiro atoms. The number of hydrogen-bond donors (Lipinski definition) is 1. The molecule has 0 aliphatic heterocycles. The van der Waals surface area contributed by atoms with E-state index in [4.69, 9.17) is 11.6 Å². The van der Waals surface area contributed by atoms with Crippen molar-refractivity contribution in [2.75, 3.05) is 11.9 Å². The van der Waals surface area contributed by atoms with Gasteiger partial charge in [0.15, 0.2) is 5.82 Å². The molecule has 2 aromatic heterocycles. The normalized spacial score (nSPS) is 10.4.